The molecule has 16 heavy (non-hydrogen) atoms. The summed E-state index contributed by atoms with van der Waals surface area (Å²) in [5.74, 6) is 0. The van der Waals surface area contributed by atoms with E-state index < -0.39 is 11.2 Å². The first kappa shape index (κ1) is 11.1. The zero-order valence-corrected chi connectivity index (χ0v) is 9.01. The van der Waals surface area contributed by atoms with Crippen LogP contribution in [0.5, 0.6) is 0 Å². The minimum absolute atomic E-state index is 0.0221. The van der Waals surface area contributed by atoms with Crippen LogP contribution in [0.4, 0.5) is 0 Å². The van der Waals surface area contributed by atoms with Gasteiger partial charge in [0.05, 0.1) is 12.7 Å². The van der Waals surface area contributed by atoms with Crippen LogP contribution in [0.15, 0.2) is 21.9 Å². The zero-order chi connectivity index (χ0) is 11.5. The summed E-state index contributed by atoms with van der Waals surface area (Å²) in [5.41, 5.74) is -0.830. The molecule has 0 bridgehead atoms. The van der Waals surface area contributed by atoms with Crippen molar-refractivity contribution in [2.75, 3.05) is 13.7 Å². The molecule has 88 valence electrons. The zero-order valence-electron chi connectivity index (χ0n) is 9.01. The third kappa shape index (κ3) is 2.23. The number of nitrogens with one attached hydrogen (secondary N) is 1. The molecule has 6 heteroatoms. The molecule has 0 radical (unpaired) electrons. The fourth-order valence-electron chi connectivity index (χ4n) is 1.85. The molecule has 6 nitrogen and oxygen atoms in total. The smallest absolute Gasteiger partial charge is 0.330 e. The van der Waals surface area contributed by atoms with E-state index >= 15 is 0 Å². The monoisotopic (exact) mass is 226 g/mol. The summed E-state index contributed by atoms with van der Waals surface area (Å²) in [6.07, 6.45) is 2.78. The van der Waals surface area contributed by atoms with Crippen LogP contribution in [0.25, 0.3) is 0 Å². The van der Waals surface area contributed by atoms with Gasteiger partial charge in [0.2, 0.25) is 0 Å². The fraction of sp³-hybridized carbons (Fsp3) is 0.600. The Morgan fingerprint density at radius 2 is 2.38 bits per heavy atom. The lowest BCUT2D eigenvalue weighted by Crippen LogP contribution is -2.31. The molecule has 1 aliphatic heterocycles. The van der Waals surface area contributed by atoms with Gasteiger partial charge < -0.3 is 9.47 Å². The summed E-state index contributed by atoms with van der Waals surface area (Å²) in [6, 6.07) is 1.31. The largest absolute Gasteiger partial charge is 0.382 e. The van der Waals surface area contributed by atoms with Crippen LogP contribution >= 0.6 is 0 Å². The molecule has 0 amide bonds. The molecule has 1 aliphatic rings. The highest BCUT2D eigenvalue weighted by Gasteiger charge is 2.26. The lowest BCUT2D eigenvalue weighted by molar-refractivity contribution is -0.0335. The quantitative estimate of drug-likeness (QED) is 0.778. The van der Waals surface area contributed by atoms with Crippen molar-refractivity contribution in [1.29, 1.82) is 0 Å². The first-order valence-corrected chi connectivity index (χ1v) is 5.16. The Morgan fingerprint density at radius 3 is 3.06 bits per heavy atom. The number of aromatic amines is 1. The van der Waals surface area contributed by atoms with E-state index in [1.807, 2.05) is 0 Å². The van der Waals surface area contributed by atoms with Gasteiger partial charge in [-0.2, -0.15) is 0 Å². The normalized spacial score (nSPS) is 24.8. The molecule has 0 aliphatic carbocycles. The average Bonchev–Trinajstić information content (AvgIpc) is 2.67. The number of nitrogens with zero attached hydrogens (tertiary/aromatic N) is 1. The van der Waals surface area contributed by atoms with Gasteiger partial charge in [0.15, 0.2) is 0 Å². The maximum atomic E-state index is 11.5. The van der Waals surface area contributed by atoms with Crippen LogP contribution < -0.4 is 11.2 Å². The van der Waals surface area contributed by atoms with Crippen molar-refractivity contribution in [3.8, 4) is 0 Å². The number of rotatable bonds is 3. The van der Waals surface area contributed by atoms with Gasteiger partial charge in [-0.15, -0.1) is 0 Å². The third-order valence-corrected chi connectivity index (χ3v) is 2.60. The molecule has 0 aromatic carbocycles. The van der Waals surface area contributed by atoms with Crippen LogP contribution in [-0.4, -0.2) is 29.4 Å². The second-order valence-electron chi connectivity index (χ2n) is 3.76. The predicted octanol–water partition coefficient (Wildman–Crippen LogP) is -0.139. The van der Waals surface area contributed by atoms with E-state index in [-0.39, 0.29) is 12.3 Å². The highest BCUT2D eigenvalue weighted by Crippen LogP contribution is 2.26. The minimum atomic E-state index is -0.435. The van der Waals surface area contributed by atoms with Crippen molar-refractivity contribution < 1.29 is 9.47 Å². The summed E-state index contributed by atoms with van der Waals surface area (Å²) in [6.45, 7) is 0.522. The lowest BCUT2D eigenvalue weighted by Gasteiger charge is -2.14. The molecule has 0 spiro atoms. The highest BCUT2D eigenvalue weighted by molar-refractivity contribution is 4.85. The van der Waals surface area contributed by atoms with E-state index in [1.165, 1.54) is 16.8 Å². The van der Waals surface area contributed by atoms with E-state index in [9.17, 15) is 9.59 Å². The summed E-state index contributed by atoms with van der Waals surface area (Å²) in [5, 5.41) is 0. The summed E-state index contributed by atoms with van der Waals surface area (Å²) >= 11 is 0. The second-order valence-corrected chi connectivity index (χ2v) is 3.76. The molecule has 2 rings (SSSR count). The van der Waals surface area contributed by atoms with Gasteiger partial charge in [-0.05, 0) is 12.8 Å². The van der Waals surface area contributed by atoms with Gasteiger partial charge in [-0.3, -0.25) is 14.3 Å². The average molecular weight is 226 g/mol. The minimum Gasteiger partial charge on any atom is -0.382 e. The van der Waals surface area contributed by atoms with E-state index in [1.54, 1.807) is 7.11 Å². The van der Waals surface area contributed by atoms with E-state index in [2.05, 4.69) is 4.98 Å². The van der Waals surface area contributed by atoms with Gasteiger partial charge >= 0.3 is 5.69 Å². The maximum Gasteiger partial charge on any atom is 0.330 e. The first-order valence-electron chi connectivity index (χ1n) is 5.16. The van der Waals surface area contributed by atoms with Crippen LogP contribution in [0, 0.1) is 0 Å². The Kier molecular flexibility index (Phi) is 3.21. The highest BCUT2D eigenvalue weighted by atomic mass is 16.5. The molecular formula is C10H14N2O4. The molecule has 1 aromatic rings. The second kappa shape index (κ2) is 4.63. The van der Waals surface area contributed by atoms with Crippen molar-refractivity contribution in [3.05, 3.63) is 33.1 Å². The summed E-state index contributed by atoms with van der Waals surface area (Å²) < 4.78 is 12.0. The number of H-pyrrole nitrogens is 1. The van der Waals surface area contributed by atoms with Gasteiger partial charge in [0.1, 0.15) is 6.23 Å². The van der Waals surface area contributed by atoms with Crippen LogP contribution in [0.2, 0.25) is 0 Å². The topological polar surface area (TPSA) is 73.3 Å². The van der Waals surface area contributed by atoms with Gasteiger partial charge in [-0.25, -0.2) is 4.79 Å². The van der Waals surface area contributed by atoms with Crippen LogP contribution in [0.1, 0.15) is 19.1 Å². The fourth-order valence-corrected chi connectivity index (χ4v) is 1.85. The molecule has 2 heterocycles. The Labute approximate surface area is 91.8 Å². The van der Waals surface area contributed by atoms with Crippen molar-refractivity contribution in [1.82, 2.24) is 9.55 Å². The van der Waals surface area contributed by atoms with Crippen LogP contribution in [0.3, 0.4) is 0 Å². The van der Waals surface area contributed by atoms with Crippen molar-refractivity contribution in [3.63, 3.8) is 0 Å². The van der Waals surface area contributed by atoms with Gasteiger partial charge in [-0.1, -0.05) is 0 Å². The molecule has 0 unspecified atom stereocenters. The first-order chi connectivity index (χ1) is 7.70. The molecule has 1 N–H and O–H groups in total. The Bertz CT molecular complexity index is 464. The van der Waals surface area contributed by atoms with E-state index in [0.717, 1.165) is 12.8 Å². The molecular weight excluding hydrogens is 212 g/mol. The summed E-state index contributed by atoms with van der Waals surface area (Å²) in [4.78, 5) is 24.6. The SMILES string of the molecule is COC[C@@H]1CC[C@@H](n2ccc(=O)[nH]c2=O)O1. The third-order valence-electron chi connectivity index (χ3n) is 2.60. The number of ether oxygens (including phenoxy) is 2. The Balaban J connectivity index is 2.14. The molecule has 1 fully saturated rings. The van der Waals surface area contributed by atoms with Crippen molar-refractivity contribution in [2.45, 2.75) is 25.2 Å². The van der Waals surface area contributed by atoms with Gasteiger partial charge in [0, 0.05) is 19.4 Å². The Morgan fingerprint density at radius 1 is 1.56 bits per heavy atom. The van der Waals surface area contributed by atoms with Crippen molar-refractivity contribution >= 4 is 0 Å². The van der Waals surface area contributed by atoms with Gasteiger partial charge in [0.25, 0.3) is 5.56 Å². The number of aromatic nitrogens is 2. The van der Waals surface area contributed by atoms with E-state index in [4.69, 9.17) is 9.47 Å². The standard InChI is InChI=1S/C10H14N2O4/c1-15-6-7-2-3-9(16-7)12-5-4-8(13)11-10(12)14/h4-5,7,9H,2-3,6H2,1H3,(H,11,13,14)/t7-,9-/m0/s1. The number of hydrogen-bond donors (Lipinski definition) is 1. The number of methoxy groups -OCH3 is 1. The molecule has 0 saturated carbocycles. The Hall–Kier alpha value is -1.40. The summed E-state index contributed by atoms with van der Waals surface area (Å²) in [7, 11) is 1.61. The number of hydrogen-bond acceptors (Lipinski definition) is 4. The van der Waals surface area contributed by atoms with Crippen LogP contribution in [-0.2, 0) is 9.47 Å². The van der Waals surface area contributed by atoms with Crippen molar-refractivity contribution in [2.24, 2.45) is 0 Å². The van der Waals surface area contributed by atoms with E-state index in [0.29, 0.717) is 6.61 Å². The molecule has 1 saturated heterocycles. The predicted molar refractivity (Wildman–Crippen MR) is 56.3 cm³/mol. The lowest BCUT2D eigenvalue weighted by atomic mass is 10.2. The molecule has 2 atom stereocenters. The molecule has 1 aromatic heterocycles. The maximum absolute atomic E-state index is 11.5.